The van der Waals surface area contributed by atoms with Gasteiger partial charge in [-0.05, 0) is 36.6 Å². The molecule has 0 saturated heterocycles. The second-order valence-corrected chi connectivity index (χ2v) is 4.68. The molecular formula is C14H13NOS. The van der Waals surface area contributed by atoms with Gasteiger partial charge in [0.15, 0.2) is 0 Å². The van der Waals surface area contributed by atoms with Gasteiger partial charge in [0, 0.05) is 16.6 Å². The lowest BCUT2D eigenvalue weighted by atomic mass is 10.2. The molecule has 0 fully saturated rings. The van der Waals surface area contributed by atoms with Crippen molar-refractivity contribution in [3.05, 3.63) is 58.3 Å². The number of anilines is 1. The van der Waals surface area contributed by atoms with Crippen LogP contribution in [0.25, 0.3) is 6.08 Å². The zero-order valence-corrected chi connectivity index (χ0v) is 10.3. The molecule has 0 spiro atoms. The molecule has 1 N–H and O–H groups in total. The third kappa shape index (κ3) is 3.57. The predicted molar refractivity (Wildman–Crippen MR) is 73.2 cm³/mol. The molecule has 3 heteroatoms. The molecule has 17 heavy (non-hydrogen) atoms. The van der Waals surface area contributed by atoms with Crippen molar-refractivity contribution in [1.29, 1.82) is 0 Å². The summed E-state index contributed by atoms with van der Waals surface area (Å²) >= 11 is 1.61. The van der Waals surface area contributed by atoms with Crippen LogP contribution in [-0.4, -0.2) is 5.91 Å². The first-order valence-electron chi connectivity index (χ1n) is 5.33. The van der Waals surface area contributed by atoms with Gasteiger partial charge in [-0.3, -0.25) is 4.79 Å². The first-order chi connectivity index (χ1) is 8.24. The van der Waals surface area contributed by atoms with Crippen LogP contribution in [-0.2, 0) is 4.79 Å². The van der Waals surface area contributed by atoms with Gasteiger partial charge in [0.2, 0.25) is 5.91 Å². The highest BCUT2D eigenvalue weighted by molar-refractivity contribution is 7.10. The SMILES string of the molecule is Cc1ccc(NC(=O)/C=C/c2cccs2)cc1. The fourth-order valence-electron chi connectivity index (χ4n) is 1.36. The quantitative estimate of drug-likeness (QED) is 0.818. The van der Waals surface area contributed by atoms with Gasteiger partial charge >= 0.3 is 0 Å². The van der Waals surface area contributed by atoms with Crippen molar-refractivity contribution in [2.24, 2.45) is 0 Å². The van der Waals surface area contributed by atoms with Crippen LogP contribution in [0, 0.1) is 6.92 Å². The molecule has 1 heterocycles. The highest BCUT2D eigenvalue weighted by Crippen LogP contribution is 2.11. The molecule has 0 aliphatic carbocycles. The number of nitrogens with one attached hydrogen (secondary N) is 1. The van der Waals surface area contributed by atoms with Crippen LogP contribution in [0.2, 0.25) is 0 Å². The molecule has 0 radical (unpaired) electrons. The molecule has 86 valence electrons. The van der Waals surface area contributed by atoms with E-state index in [1.165, 1.54) is 5.56 Å². The third-order valence-electron chi connectivity index (χ3n) is 2.26. The van der Waals surface area contributed by atoms with Crippen molar-refractivity contribution in [3.63, 3.8) is 0 Å². The van der Waals surface area contributed by atoms with Crippen LogP contribution in [0.5, 0.6) is 0 Å². The van der Waals surface area contributed by atoms with Gasteiger partial charge in [-0.25, -0.2) is 0 Å². The Labute approximate surface area is 105 Å². The second kappa shape index (κ2) is 5.46. The smallest absolute Gasteiger partial charge is 0.248 e. The summed E-state index contributed by atoms with van der Waals surface area (Å²) in [4.78, 5) is 12.7. The standard InChI is InChI=1S/C14H13NOS/c1-11-4-6-12(7-5-11)15-14(16)9-8-13-3-2-10-17-13/h2-10H,1H3,(H,15,16)/b9-8+. The molecule has 0 aliphatic rings. The molecule has 2 rings (SSSR count). The maximum atomic E-state index is 11.6. The predicted octanol–water partition coefficient (Wildman–Crippen LogP) is 3.71. The van der Waals surface area contributed by atoms with Crippen LogP contribution in [0.3, 0.4) is 0 Å². The number of benzene rings is 1. The number of aryl methyl sites for hydroxylation is 1. The fraction of sp³-hybridized carbons (Fsp3) is 0.0714. The Morgan fingerprint density at radius 1 is 1.24 bits per heavy atom. The highest BCUT2D eigenvalue weighted by Gasteiger charge is 1.97. The van der Waals surface area contributed by atoms with Crippen LogP contribution in [0.1, 0.15) is 10.4 Å². The summed E-state index contributed by atoms with van der Waals surface area (Å²) in [6.07, 6.45) is 3.36. The number of hydrogen-bond donors (Lipinski definition) is 1. The van der Waals surface area contributed by atoms with Gasteiger partial charge in [-0.1, -0.05) is 23.8 Å². The molecule has 0 unspecified atom stereocenters. The van der Waals surface area contributed by atoms with E-state index in [4.69, 9.17) is 0 Å². The largest absolute Gasteiger partial charge is 0.323 e. The second-order valence-electron chi connectivity index (χ2n) is 3.70. The molecule has 1 aromatic heterocycles. The summed E-state index contributed by atoms with van der Waals surface area (Å²) in [5.74, 6) is -0.109. The average molecular weight is 243 g/mol. The minimum absolute atomic E-state index is 0.109. The Morgan fingerprint density at radius 2 is 2.00 bits per heavy atom. The monoisotopic (exact) mass is 243 g/mol. The Morgan fingerprint density at radius 3 is 2.65 bits per heavy atom. The van der Waals surface area contributed by atoms with Crippen molar-refractivity contribution in [2.45, 2.75) is 6.92 Å². The molecule has 1 aromatic carbocycles. The van der Waals surface area contributed by atoms with Gasteiger partial charge in [-0.2, -0.15) is 0 Å². The van der Waals surface area contributed by atoms with Crippen LogP contribution < -0.4 is 5.32 Å². The van der Waals surface area contributed by atoms with Gasteiger partial charge in [0.25, 0.3) is 0 Å². The number of carbonyl (C=O) groups is 1. The Bertz CT molecular complexity index is 512. The van der Waals surface area contributed by atoms with Crippen LogP contribution >= 0.6 is 11.3 Å². The summed E-state index contributed by atoms with van der Waals surface area (Å²) in [7, 11) is 0. The lowest BCUT2D eigenvalue weighted by Crippen LogP contribution is -2.07. The van der Waals surface area contributed by atoms with Crippen LogP contribution in [0.4, 0.5) is 5.69 Å². The van der Waals surface area contributed by atoms with E-state index < -0.39 is 0 Å². The highest BCUT2D eigenvalue weighted by atomic mass is 32.1. The van der Waals surface area contributed by atoms with E-state index in [0.717, 1.165) is 10.6 Å². The minimum atomic E-state index is -0.109. The number of carbonyl (C=O) groups excluding carboxylic acids is 1. The van der Waals surface area contributed by atoms with E-state index in [-0.39, 0.29) is 5.91 Å². The Balaban J connectivity index is 1.95. The van der Waals surface area contributed by atoms with Gasteiger partial charge in [0.05, 0.1) is 0 Å². The summed E-state index contributed by atoms with van der Waals surface area (Å²) in [5, 5.41) is 4.79. The zero-order chi connectivity index (χ0) is 12.1. The maximum Gasteiger partial charge on any atom is 0.248 e. The maximum absolute atomic E-state index is 11.6. The summed E-state index contributed by atoms with van der Waals surface area (Å²) in [6, 6.07) is 11.7. The van der Waals surface area contributed by atoms with Crippen LogP contribution in [0.15, 0.2) is 47.9 Å². The van der Waals surface area contributed by atoms with Crippen molar-refractivity contribution in [1.82, 2.24) is 0 Å². The van der Waals surface area contributed by atoms with E-state index in [2.05, 4.69) is 5.32 Å². The molecule has 0 aliphatic heterocycles. The summed E-state index contributed by atoms with van der Waals surface area (Å²) in [6.45, 7) is 2.02. The molecular weight excluding hydrogens is 230 g/mol. The fourth-order valence-corrected chi connectivity index (χ4v) is 1.98. The van der Waals surface area contributed by atoms with Crippen molar-refractivity contribution in [3.8, 4) is 0 Å². The molecule has 2 aromatic rings. The van der Waals surface area contributed by atoms with Crippen molar-refractivity contribution < 1.29 is 4.79 Å². The van der Waals surface area contributed by atoms with E-state index in [0.29, 0.717) is 0 Å². The van der Waals surface area contributed by atoms with E-state index in [9.17, 15) is 4.79 Å². The lowest BCUT2D eigenvalue weighted by Gasteiger charge is -2.01. The summed E-state index contributed by atoms with van der Waals surface area (Å²) in [5.41, 5.74) is 1.99. The summed E-state index contributed by atoms with van der Waals surface area (Å²) < 4.78 is 0. The molecule has 0 saturated carbocycles. The van der Waals surface area contributed by atoms with Gasteiger partial charge in [-0.15, -0.1) is 11.3 Å². The van der Waals surface area contributed by atoms with E-state index in [1.54, 1.807) is 17.4 Å². The molecule has 0 atom stereocenters. The zero-order valence-electron chi connectivity index (χ0n) is 9.51. The average Bonchev–Trinajstić information content (AvgIpc) is 2.83. The topological polar surface area (TPSA) is 29.1 Å². The number of hydrogen-bond acceptors (Lipinski definition) is 2. The molecule has 2 nitrogen and oxygen atoms in total. The molecule has 1 amide bonds. The van der Waals surface area contributed by atoms with Crippen molar-refractivity contribution >= 4 is 29.0 Å². The van der Waals surface area contributed by atoms with E-state index >= 15 is 0 Å². The number of thiophene rings is 1. The third-order valence-corrected chi connectivity index (χ3v) is 3.10. The Kier molecular flexibility index (Phi) is 3.73. The van der Waals surface area contributed by atoms with Gasteiger partial charge in [0.1, 0.15) is 0 Å². The number of rotatable bonds is 3. The molecule has 0 bridgehead atoms. The van der Waals surface area contributed by atoms with Gasteiger partial charge < -0.3 is 5.32 Å². The normalized spacial score (nSPS) is 10.6. The Hall–Kier alpha value is -1.87. The van der Waals surface area contributed by atoms with Crippen molar-refractivity contribution in [2.75, 3.05) is 5.32 Å². The number of amides is 1. The lowest BCUT2D eigenvalue weighted by molar-refractivity contribution is -0.111. The first-order valence-corrected chi connectivity index (χ1v) is 6.21. The first kappa shape index (κ1) is 11.6. The van der Waals surface area contributed by atoms with E-state index in [1.807, 2.05) is 54.8 Å². The minimum Gasteiger partial charge on any atom is -0.323 e.